The van der Waals surface area contributed by atoms with Crippen LogP contribution in [0.4, 0.5) is 5.69 Å². The smallest absolute Gasteiger partial charge is 0.339 e. The number of carbonyl (C=O) groups is 1. The Morgan fingerprint density at radius 2 is 2.25 bits per heavy atom. The topological polar surface area (TPSA) is 72.5 Å². The fraction of sp³-hybridized carbons (Fsp3) is 0.417. The fourth-order valence-electron chi connectivity index (χ4n) is 1.58. The summed E-state index contributed by atoms with van der Waals surface area (Å²) in [4.78, 5) is 10.9. The molecule has 0 heterocycles. The number of rotatable bonds is 5. The maximum Gasteiger partial charge on any atom is 0.339 e. The monoisotopic (exact) mass is 221 g/mol. The Bertz CT molecular complexity index is 399. The van der Waals surface area contributed by atoms with Gasteiger partial charge < -0.3 is 15.6 Å². The highest BCUT2D eigenvalue weighted by Gasteiger charge is 2.21. The van der Waals surface area contributed by atoms with E-state index in [1.807, 2.05) is 0 Å². The van der Waals surface area contributed by atoms with Crippen molar-refractivity contribution < 1.29 is 14.6 Å². The van der Waals surface area contributed by atoms with E-state index in [2.05, 4.69) is 0 Å². The zero-order chi connectivity index (χ0) is 11.5. The van der Waals surface area contributed by atoms with Crippen molar-refractivity contribution in [3.63, 3.8) is 0 Å². The maximum absolute atomic E-state index is 10.9. The Labute approximate surface area is 94.0 Å². The van der Waals surface area contributed by atoms with E-state index in [9.17, 15) is 4.79 Å². The number of hydrogen-bond acceptors (Lipinski definition) is 3. The van der Waals surface area contributed by atoms with Crippen LogP contribution in [0, 0.1) is 5.92 Å². The van der Waals surface area contributed by atoms with Gasteiger partial charge in [0, 0.05) is 5.69 Å². The molecule has 0 bridgehead atoms. The summed E-state index contributed by atoms with van der Waals surface area (Å²) >= 11 is 0. The minimum atomic E-state index is -1.01. The van der Waals surface area contributed by atoms with Gasteiger partial charge in [-0.25, -0.2) is 4.79 Å². The van der Waals surface area contributed by atoms with E-state index >= 15 is 0 Å². The second kappa shape index (κ2) is 4.43. The van der Waals surface area contributed by atoms with E-state index in [0.29, 0.717) is 18.0 Å². The number of hydrogen-bond donors (Lipinski definition) is 2. The number of nitrogens with two attached hydrogens (primary N) is 1. The summed E-state index contributed by atoms with van der Waals surface area (Å²) in [5.41, 5.74) is 6.11. The molecule has 1 aliphatic rings. The van der Waals surface area contributed by atoms with Crippen LogP contribution < -0.4 is 10.5 Å². The molecule has 1 aromatic carbocycles. The Morgan fingerprint density at radius 3 is 2.88 bits per heavy atom. The van der Waals surface area contributed by atoms with Crippen molar-refractivity contribution in [2.24, 2.45) is 5.92 Å². The minimum absolute atomic E-state index is 0.135. The largest absolute Gasteiger partial charge is 0.493 e. The molecule has 0 radical (unpaired) electrons. The molecule has 0 spiro atoms. The van der Waals surface area contributed by atoms with Gasteiger partial charge in [-0.3, -0.25) is 0 Å². The lowest BCUT2D eigenvalue weighted by Crippen LogP contribution is -2.05. The van der Waals surface area contributed by atoms with Crippen LogP contribution >= 0.6 is 0 Å². The summed E-state index contributed by atoms with van der Waals surface area (Å²) in [7, 11) is 0. The van der Waals surface area contributed by atoms with Crippen molar-refractivity contribution in [1.82, 2.24) is 0 Å². The highest BCUT2D eigenvalue weighted by Crippen LogP contribution is 2.32. The highest BCUT2D eigenvalue weighted by atomic mass is 16.5. The number of nitrogen functional groups attached to an aromatic ring is 1. The van der Waals surface area contributed by atoms with Crippen molar-refractivity contribution in [2.45, 2.75) is 19.3 Å². The first-order valence-electron chi connectivity index (χ1n) is 5.42. The molecule has 4 nitrogen and oxygen atoms in total. The molecule has 0 aromatic heterocycles. The highest BCUT2D eigenvalue weighted by molar-refractivity contribution is 5.92. The summed E-state index contributed by atoms with van der Waals surface area (Å²) < 4.78 is 5.47. The SMILES string of the molecule is Nc1ccc(OCCC2CC2)c(C(=O)O)c1. The third-order valence-electron chi connectivity index (χ3n) is 2.71. The molecule has 1 fully saturated rings. The van der Waals surface area contributed by atoms with Gasteiger partial charge in [-0.1, -0.05) is 12.8 Å². The Balaban J connectivity index is 2.02. The van der Waals surface area contributed by atoms with Crippen LogP contribution in [0.5, 0.6) is 5.75 Å². The molecule has 0 amide bonds. The number of aromatic carboxylic acids is 1. The van der Waals surface area contributed by atoms with Crippen LogP contribution in [-0.2, 0) is 0 Å². The van der Waals surface area contributed by atoms with Crippen molar-refractivity contribution >= 4 is 11.7 Å². The summed E-state index contributed by atoms with van der Waals surface area (Å²) in [6, 6.07) is 4.69. The van der Waals surface area contributed by atoms with Crippen LogP contribution in [-0.4, -0.2) is 17.7 Å². The molecule has 0 aliphatic heterocycles. The molecule has 0 unspecified atom stereocenters. The fourth-order valence-corrected chi connectivity index (χ4v) is 1.58. The summed E-state index contributed by atoms with van der Waals surface area (Å²) in [5.74, 6) is 0.179. The zero-order valence-electron chi connectivity index (χ0n) is 8.98. The number of ether oxygens (including phenoxy) is 1. The molecule has 1 saturated carbocycles. The van der Waals surface area contributed by atoms with E-state index in [1.54, 1.807) is 12.1 Å². The lowest BCUT2D eigenvalue weighted by atomic mass is 10.2. The number of anilines is 1. The van der Waals surface area contributed by atoms with Crippen molar-refractivity contribution in [1.29, 1.82) is 0 Å². The normalized spacial score (nSPS) is 14.8. The third-order valence-corrected chi connectivity index (χ3v) is 2.71. The van der Waals surface area contributed by atoms with E-state index in [0.717, 1.165) is 12.3 Å². The molecule has 2 rings (SSSR count). The predicted octanol–water partition coefficient (Wildman–Crippen LogP) is 2.15. The van der Waals surface area contributed by atoms with Crippen LogP contribution in [0.3, 0.4) is 0 Å². The molecule has 0 atom stereocenters. The maximum atomic E-state index is 10.9. The summed E-state index contributed by atoms with van der Waals surface area (Å²) in [6.45, 7) is 0.578. The van der Waals surface area contributed by atoms with Gasteiger partial charge >= 0.3 is 5.97 Å². The number of carboxylic acids is 1. The standard InChI is InChI=1S/C12H15NO3/c13-9-3-4-11(10(7-9)12(14)15)16-6-5-8-1-2-8/h3-4,7-8H,1-2,5-6,13H2,(H,14,15). The first-order chi connectivity index (χ1) is 7.66. The van der Waals surface area contributed by atoms with Crippen molar-refractivity contribution in [3.05, 3.63) is 23.8 Å². The van der Waals surface area contributed by atoms with Gasteiger partial charge in [0.1, 0.15) is 11.3 Å². The predicted molar refractivity (Wildman–Crippen MR) is 60.6 cm³/mol. The van der Waals surface area contributed by atoms with Crippen LogP contribution in [0.15, 0.2) is 18.2 Å². The second-order valence-electron chi connectivity index (χ2n) is 4.14. The molecule has 16 heavy (non-hydrogen) atoms. The van der Waals surface area contributed by atoms with E-state index < -0.39 is 5.97 Å². The Hall–Kier alpha value is -1.71. The molecular weight excluding hydrogens is 206 g/mol. The summed E-state index contributed by atoms with van der Waals surface area (Å²) in [6.07, 6.45) is 3.55. The van der Waals surface area contributed by atoms with Gasteiger partial charge in [0.15, 0.2) is 0 Å². The Morgan fingerprint density at radius 1 is 1.50 bits per heavy atom. The lowest BCUT2D eigenvalue weighted by Gasteiger charge is -2.09. The first-order valence-corrected chi connectivity index (χ1v) is 5.42. The van der Waals surface area contributed by atoms with Gasteiger partial charge in [-0.2, -0.15) is 0 Å². The van der Waals surface area contributed by atoms with E-state index in [-0.39, 0.29) is 5.56 Å². The third kappa shape index (κ3) is 2.66. The van der Waals surface area contributed by atoms with Gasteiger partial charge in [-0.05, 0) is 30.5 Å². The quantitative estimate of drug-likeness (QED) is 0.747. The van der Waals surface area contributed by atoms with E-state index in [4.69, 9.17) is 15.6 Å². The van der Waals surface area contributed by atoms with Crippen molar-refractivity contribution in [3.8, 4) is 5.75 Å². The Kier molecular flexibility index (Phi) is 2.99. The number of benzene rings is 1. The van der Waals surface area contributed by atoms with Gasteiger partial charge in [0.25, 0.3) is 0 Å². The lowest BCUT2D eigenvalue weighted by molar-refractivity contribution is 0.0692. The molecular formula is C12H15NO3. The molecule has 0 saturated heterocycles. The minimum Gasteiger partial charge on any atom is -0.493 e. The first kappa shape index (κ1) is 10.8. The van der Waals surface area contributed by atoms with E-state index in [1.165, 1.54) is 18.9 Å². The second-order valence-corrected chi connectivity index (χ2v) is 4.14. The molecule has 1 aliphatic carbocycles. The molecule has 3 N–H and O–H groups in total. The number of carboxylic acid groups (broad SMARTS) is 1. The van der Waals surface area contributed by atoms with Crippen LogP contribution in [0.1, 0.15) is 29.6 Å². The van der Waals surface area contributed by atoms with Gasteiger partial charge in [-0.15, -0.1) is 0 Å². The zero-order valence-corrected chi connectivity index (χ0v) is 8.98. The van der Waals surface area contributed by atoms with Crippen LogP contribution in [0.25, 0.3) is 0 Å². The molecule has 1 aromatic rings. The van der Waals surface area contributed by atoms with Gasteiger partial charge in [0.2, 0.25) is 0 Å². The van der Waals surface area contributed by atoms with Crippen LogP contribution in [0.2, 0.25) is 0 Å². The molecule has 4 heteroatoms. The molecule has 86 valence electrons. The van der Waals surface area contributed by atoms with Crippen molar-refractivity contribution in [2.75, 3.05) is 12.3 Å². The summed E-state index contributed by atoms with van der Waals surface area (Å²) in [5, 5.41) is 8.98. The average molecular weight is 221 g/mol. The van der Waals surface area contributed by atoms with Gasteiger partial charge in [0.05, 0.1) is 6.61 Å². The average Bonchev–Trinajstić information content (AvgIpc) is 3.04.